The van der Waals surface area contributed by atoms with Crippen molar-refractivity contribution in [2.45, 2.75) is 27.2 Å². The van der Waals surface area contributed by atoms with Crippen molar-refractivity contribution >= 4 is 46.8 Å². The molecule has 3 aromatic carbocycles. The molecule has 0 fully saturated rings. The maximum atomic E-state index is 7.54. The predicted molar refractivity (Wildman–Crippen MR) is 147 cm³/mol. The van der Waals surface area contributed by atoms with Gasteiger partial charge < -0.3 is 10.6 Å². The molecule has 0 saturated carbocycles. The van der Waals surface area contributed by atoms with Gasteiger partial charge in [0.15, 0.2) is 0 Å². The maximum absolute atomic E-state index is 7.54. The van der Waals surface area contributed by atoms with Gasteiger partial charge in [-0.05, 0) is 46.9 Å². The molecule has 0 aromatic heterocycles. The van der Waals surface area contributed by atoms with E-state index in [1.807, 2.05) is 26.0 Å². The van der Waals surface area contributed by atoms with Crippen LogP contribution in [0.1, 0.15) is 34.2 Å². The molecule has 174 valence electrons. The van der Waals surface area contributed by atoms with Crippen LogP contribution in [0.3, 0.4) is 0 Å². The Labute approximate surface area is 227 Å². The predicted octanol–water partition coefficient (Wildman–Crippen LogP) is 8.43. The van der Waals surface area contributed by atoms with Crippen LogP contribution in [0.15, 0.2) is 66.3 Å². The molecule has 0 unspecified atom stereocenters. The number of nitrogens with one attached hydrogen (secondary N) is 1. The Morgan fingerprint density at radius 1 is 0.939 bits per heavy atom. The van der Waals surface area contributed by atoms with Crippen LogP contribution in [0.25, 0.3) is 22.1 Å². The van der Waals surface area contributed by atoms with Crippen molar-refractivity contribution in [1.29, 1.82) is 0 Å². The minimum absolute atomic E-state index is 0. The fourth-order valence-electron chi connectivity index (χ4n) is 4.12. The van der Waals surface area contributed by atoms with E-state index in [2.05, 4.69) is 81.4 Å². The average Bonchev–Trinajstić information content (AvgIpc) is 3.14. The van der Waals surface area contributed by atoms with Gasteiger partial charge in [-0.1, -0.05) is 76.2 Å². The summed E-state index contributed by atoms with van der Waals surface area (Å²) in [7, 11) is 4.23. The van der Waals surface area contributed by atoms with Crippen LogP contribution in [0.4, 0.5) is 5.69 Å². The van der Waals surface area contributed by atoms with Crippen molar-refractivity contribution in [2.75, 3.05) is 20.6 Å². The Hall–Kier alpha value is -1.68. The van der Waals surface area contributed by atoms with E-state index >= 15 is 0 Å². The molecule has 5 heteroatoms. The Morgan fingerprint density at radius 3 is 2.15 bits per heavy atom. The standard InChI is InChI=1S/C19H20N.C9H12N.2ClH.Ti/c1-14-17-9-5-4-7-15(17)11-12-18(14)19-10-6-8-16(19)13-20(2)3;1-6-4-7(2)9(10)8(3)5-6;;;/h4-9,11-12H,1,10,13H2,2-3H3;4-5,10H,1-3H3;2*1H;/q2*-1;;;+2. The topological polar surface area (TPSA) is 27.0 Å². The fourth-order valence-corrected chi connectivity index (χ4v) is 4.12. The first-order valence-electron chi connectivity index (χ1n) is 10.4. The number of hydrogen-bond donors (Lipinski definition) is 0. The third-order valence-electron chi connectivity index (χ3n) is 5.56. The molecule has 1 aliphatic rings. The number of allylic oxidation sites excluding steroid dienone is 2. The van der Waals surface area contributed by atoms with Crippen molar-refractivity contribution in [1.82, 2.24) is 4.90 Å². The number of hydrogen-bond acceptors (Lipinski definition) is 1. The Morgan fingerprint density at radius 2 is 1.55 bits per heavy atom. The van der Waals surface area contributed by atoms with Crippen LogP contribution < -0.4 is 0 Å². The van der Waals surface area contributed by atoms with Crippen LogP contribution in [0.2, 0.25) is 0 Å². The second kappa shape index (κ2) is 13.9. The zero-order valence-corrected chi connectivity index (χ0v) is 23.4. The SMILES string of the molecule is Cc1cc(C)c([NH-])c(C)c1.Cl.Cl.[CH2-]c1c(C2=C(CN(C)C)C=CC2)ccc2ccccc12.[Ti+2]. The number of halogens is 2. The molecule has 0 spiro atoms. The monoisotopic (exact) mass is 516 g/mol. The van der Waals surface area contributed by atoms with Crippen molar-refractivity contribution in [3.05, 3.63) is 107 Å². The van der Waals surface area contributed by atoms with Gasteiger partial charge in [-0.2, -0.15) is 12.5 Å². The second-order valence-corrected chi connectivity index (χ2v) is 8.43. The summed E-state index contributed by atoms with van der Waals surface area (Å²) in [6.07, 6.45) is 5.52. The van der Waals surface area contributed by atoms with Gasteiger partial charge in [-0.3, -0.25) is 0 Å². The first-order valence-corrected chi connectivity index (χ1v) is 10.4. The molecule has 4 rings (SSSR count). The van der Waals surface area contributed by atoms with Crippen molar-refractivity contribution in [2.24, 2.45) is 0 Å². The zero-order chi connectivity index (χ0) is 21.8. The molecule has 0 atom stereocenters. The van der Waals surface area contributed by atoms with Gasteiger partial charge >= 0.3 is 21.7 Å². The molecule has 0 heterocycles. The number of nitrogens with zero attached hydrogens (tertiary/aromatic N) is 1. The number of likely N-dealkylation sites (N-methyl/N-ethyl adjacent to an activating group) is 1. The van der Waals surface area contributed by atoms with E-state index in [9.17, 15) is 0 Å². The number of fused-ring (bicyclic) bond motifs is 1. The van der Waals surface area contributed by atoms with E-state index in [0.29, 0.717) is 5.69 Å². The number of rotatable bonds is 3. The van der Waals surface area contributed by atoms with E-state index < -0.39 is 0 Å². The Balaban J connectivity index is 0.000000681. The summed E-state index contributed by atoms with van der Waals surface area (Å²) in [5.74, 6) is 0. The van der Waals surface area contributed by atoms with Gasteiger partial charge in [-0.15, -0.1) is 53.6 Å². The van der Waals surface area contributed by atoms with Crippen LogP contribution in [0.5, 0.6) is 0 Å². The number of benzene rings is 3. The van der Waals surface area contributed by atoms with E-state index in [0.717, 1.165) is 29.7 Å². The maximum Gasteiger partial charge on any atom is 2.00 e. The van der Waals surface area contributed by atoms with E-state index in [4.69, 9.17) is 5.73 Å². The normalized spacial score (nSPS) is 11.9. The molecule has 0 saturated heterocycles. The van der Waals surface area contributed by atoms with Crippen molar-refractivity contribution in [3.63, 3.8) is 0 Å². The molecule has 0 radical (unpaired) electrons. The molecule has 33 heavy (non-hydrogen) atoms. The van der Waals surface area contributed by atoms with Gasteiger partial charge in [-0.25, -0.2) is 0 Å². The minimum atomic E-state index is 0. The zero-order valence-electron chi connectivity index (χ0n) is 20.2. The minimum Gasteiger partial charge on any atom is -0.698 e. The summed E-state index contributed by atoms with van der Waals surface area (Å²) >= 11 is 0. The smallest absolute Gasteiger partial charge is 0.698 e. The van der Waals surface area contributed by atoms with E-state index in [1.165, 1.54) is 33.0 Å². The molecule has 0 bridgehead atoms. The Bertz CT molecular complexity index is 1110. The molecule has 1 N–H and O–H groups in total. The van der Waals surface area contributed by atoms with Crippen LogP contribution in [0, 0.1) is 27.7 Å². The average molecular weight is 517 g/mol. The second-order valence-electron chi connectivity index (χ2n) is 8.43. The summed E-state index contributed by atoms with van der Waals surface area (Å²) < 4.78 is 0. The third kappa shape index (κ3) is 7.67. The molecular weight excluding hydrogens is 483 g/mol. The van der Waals surface area contributed by atoms with Gasteiger partial charge in [0.2, 0.25) is 0 Å². The van der Waals surface area contributed by atoms with Gasteiger partial charge in [0.25, 0.3) is 0 Å². The number of aryl methyl sites for hydroxylation is 3. The first kappa shape index (κ1) is 31.3. The van der Waals surface area contributed by atoms with Crippen LogP contribution >= 0.6 is 24.8 Å². The molecule has 3 aromatic rings. The summed E-state index contributed by atoms with van der Waals surface area (Å²) in [5.41, 5.74) is 16.9. The molecular formula is C28H34Cl2N2Ti. The summed E-state index contributed by atoms with van der Waals surface area (Å²) in [4.78, 5) is 2.22. The van der Waals surface area contributed by atoms with Gasteiger partial charge in [0.05, 0.1) is 0 Å². The van der Waals surface area contributed by atoms with Crippen LogP contribution in [-0.2, 0) is 21.7 Å². The third-order valence-corrected chi connectivity index (χ3v) is 5.56. The molecule has 1 aliphatic carbocycles. The van der Waals surface area contributed by atoms with E-state index in [-0.39, 0.29) is 46.5 Å². The Kier molecular flexibility index (Phi) is 13.2. The van der Waals surface area contributed by atoms with Crippen molar-refractivity contribution in [3.8, 4) is 0 Å². The van der Waals surface area contributed by atoms with Gasteiger partial charge in [0.1, 0.15) is 0 Å². The van der Waals surface area contributed by atoms with Crippen molar-refractivity contribution < 1.29 is 21.7 Å². The van der Waals surface area contributed by atoms with Crippen LogP contribution in [-0.4, -0.2) is 25.5 Å². The summed E-state index contributed by atoms with van der Waals surface area (Å²) in [6, 6.07) is 17.0. The summed E-state index contributed by atoms with van der Waals surface area (Å²) in [5, 5.41) is 2.52. The molecule has 0 aliphatic heterocycles. The van der Waals surface area contributed by atoms with Gasteiger partial charge in [0, 0.05) is 6.54 Å². The largest absolute Gasteiger partial charge is 2.00 e. The molecule has 0 amide bonds. The molecule has 2 nitrogen and oxygen atoms in total. The first-order chi connectivity index (χ1) is 14.3. The summed E-state index contributed by atoms with van der Waals surface area (Å²) in [6.45, 7) is 11.3. The fraction of sp³-hybridized carbons (Fsp3) is 0.250. The van der Waals surface area contributed by atoms with E-state index in [1.54, 1.807) is 0 Å². The quantitative estimate of drug-likeness (QED) is 0.253.